The summed E-state index contributed by atoms with van der Waals surface area (Å²) in [6.45, 7) is 0. The van der Waals surface area contributed by atoms with Crippen LogP contribution in [0.4, 0.5) is 5.69 Å². The van der Waals surface area contributed by atoms with Crippen LogP contribution in [0, 0.1) is 0 Å². The first-order valence-corrected chi connectivity index (χ1v) is 10.2. The summed E-state index contributed by atoms with van der Waals surface area (Å²) in [6, 6.07) is 18.2. The molecule has 0 unspecified atom stereocenters. The lowest BCUT2D eigenvalue weighted by atomic mass is 10.0. The Bertz CT molecular complexity index is 1160. The van der Waals surface area contributed by atoms with Gasteiger partial charge in [-0.15, -0.1) is 0 Å². The first-order chi connectivity index (χ1) is 13.8. The van der Waals surface area contributed by atoms with Gasteiger partial charge in [-0.1, -0.05) is 54.2 Å². The number of carbonyl (C=O) groups excluding carboxylic acids is 1. The molecule has 0 spiro atoms. The molecule has 0 bridgehead atoms. The summed E-state index contributed by atoms with van der Waals surface area (Å²) in [5, 5.41) is 13.0. The predicted molar refractivity (Wildman–Crippen MR) is 112 cm³/mol. The number of H-pyrrole nitrogens is 1. The Kier molecular flexibility index (Phi) is 4.33. The van der Waals surface area contributed by atoms with Crippen molar-refractivity contribution in [3.8, 4) is 0 Å². The highest BCUT2D eigenvalue weighted by molar-refractivity contribution is 7.98. The normalized spacial score (nSPS) is 12.4. The second-order valence-corrected chi connectivity index (χ2v) is 7.77. The van der Waals surface area contributed by atoms with Crippen LogP contribution in [0.25, 0.3) is 10.8 Å². The van der Waals surface area contributed by atoms with E-state index < -0.39 is 0 Å². The minimum atomic E-state index is -0.0903. The van der Waals surface area contributed by atoms with Gasteiger partial charge in [0.25, 0.3) is 5.91 Å². The van der Waals surface area contributed by atoms with E-state index in [1.54, 1.807) is 0 Å². The molecule has 28 heavy (non-hydrogen) atoms. The van der Waals surface area contributed by atoms with Crippen molar-refractivity contribution in [3.63, 3.8) is 0 Å². The second-order valence-electron chi connectivity index (χ2n) is 6.80. The molecule has 1 aliphatic rings. The van der Waals surface area contributed by atoms with E-state index in [0.29, 0.717) is 11.3 Å². The van der Waals surface area contributed by atoms with Crippen molar-refractivity contribution in [3.05, 3.63) is 83.2 Å². The standard InChI is InChI=1S/C22H18N4OS/c27-21(17-6-2-1-4-16(17)12-28-22-23-13-24-26-22)25-19-11-10-15-9-8-14-5-3-7-18(19)20(14)15/h1-7,10-11,13H,8-9,12H2,(H,25,27)(H,23,24,26). The maximum absolute atomic E-state index is 13.1. The van der Waals surface area contributed by atoms with Gasteiger partial charge in [0.1, 0.15) is 6.33 Å². The number of hydrogen-bond acceptors (Lipinski definition) is 4. The van der Waals surface area contributed by atoms with Crippen molar-refractivity contribution in [1.82, 2.24) is 15.2 Å². The molecule has 138 valence electrons. The van der Waals surface area contributed by atoms with E-state index in [1.165, 1.54) is 34.6 Å². The first kappa shape index (κ1) is 17.0. The molecule has 1 aliphatic carbocycles. The molecule has 2 N–H and O–H groups in total. The van der Waals surface area contributed by atoms with E-state index in [1.807, 2.05) is 30.3 Å². The second kappa shape index (κ2) is 7.13. The van der Waals surface area contributed by atoms with Crippen molar-refractivity contribution < 1.29 is 4.79 Å². The zero-order valence-electron chi connectivity index (χ0n) is 15.1. The lowest BCUT2D eigenvalue weighted by molar-refractivity contribution is 0.102. The largest absolute Gasteiger partial charge is 0.321 e. The van der Waals surface area contributed by atoms with E-state index in [2.05, 4.69) is 44.8 Å². The van der Waals surface area contributed by atoms with Crippen LogP contribution < -0.4 is 5.32 Å². The molecule has 0 atom stereocenters. The molecular formula is C22H18N4OS. The van der Waals surface area contributed by atoms with Crippen molar-refractivity contribution in [2.75, 3.05) is 5.32 Å². The Labute approximate surface area is 166 Å². The minimum absolute atomic E-state index is 0.0903. The van der Waals surface area contributed by atoms with E-state index >= 15 is 0 Å². The number of rotatable bonds is 5. The number of aromatic nitrogens is 3. The van der Waals surface area contributed by atoms with Crippen molar-refractivity contribution >= 4 is 34.1 Å². The topological polar surface area (TPSA) is 70.7 Å². The molecule has 6 heteroatoms. The van der Waals surface area contributed by atoms with Gasteiger partial charge in [-0.25, -0.2) is 4.98 Å². The highest BCUT2D eigenvalue weighted by atomic mass is 32.2. The number of benzene rings is 3. The summed E-state index contributed by atoms with van der Waals surface area (Å²) >= 11 is 1.52. The summed E-state index contributed by atoms with van der Waals surface area (Å²) in [6.07, 6.45) is 3.63. The number of nitrogens with one attached hydrogen (secondary N) is 2. The molecule has 0 saturated carbocycles. The molecule has 3 aromatic carbocycles. The van der Waals surface area contributed by atoms with Gasteiger partial charge in [-0.3, -0.25) is 9.89 Å². The van der Waals surface area contributed by atoms with Crippen molar-refractivity contribution in [2.45, 2.75) is 23.8 Å². The van der Waals surface area contributed by atoms with Gasteiger partial charge < -0.3 is 5.32 Å². The van der Waals surface area contributed by atoms with Crippen molar-refractivity contribution in [2.24, 2.45) is 0 Å². The SMILES string of the molecule is O=C(Nc1ccc2c3c(cccc13)CC2)c1ccccc1CSc1ncn[nH]1. The zero-order chi connectivity index (χ0) is 18.9. The summed E-state index contributed by atoms with van der Waals surface area (Å²) in [4.78, 5) is 17.2. The maximum atomic E-state index is 13.1. The average Bonchev–Trinajstić information content (AvgIpc) is 3.40. The number of amides is 1. The van der Waals surface area contributed by atoms with Crippen LogP contribution in [0.15, 0.2) is 66.1 Å². The summed E-state index contributed by atoms with van der Waals surface area (Å²) in [5.41, 5.74) is 5.25. The Morgan fingerprint density at radius 2 is 1.89 bits per heavy atom. The third-order valence-corrected chi connectivity index (χ3v) is 6.07. The lowest BCUT2D eigenvalue weighted by Gasteiger charge is -2.13. The fourth-order valence-electron chi connectivity index (χ4n) is 3.82. The maximum Gasteiger partial charge on any atom is 0.255 e. The quantitative estimate of drug-likeness (QED) is 0.492. The van der Waals surface area contributed by atoms with Gasteiger partial charge >= 0.3 is 0 Å². The Morgan fingerprint density at radius 3 is 2.75 bits per heavy atom. The van der Waals surface area contributed by atoms with E-state index in [9.17, 15) is 4.79 Å². The van der Waals surface area contributed by atoms with Crippen LogP contribution in [-0.2, 0) is 18.6 Å². The Morgan fingerprint density at radius 1 is 1.04 bits per heavy atom. The Hall–Kier alpha value is -3.12. The smallest absolute Gasteiger partial charge is 0.255 e. The third-order valence-electron chi connectivity index (χ3n) is 5.14. The van der Waals surface area contributed by atoms with Gasteiger partial charge in [0, 0.05) is 22.4 Å². The van der Waals surface area contributed by atoms with Gasteiger partial charge in [0.15, 0.2) is 5.16 Å². The lowest BCUT2D eigenvalue weighted by Crippen LogP contribution is -2.14. The van der Waals surface area contributed by atoms with Gasteiger partial charge in [0.2, 0.25) is 0 Å². The number of aromatic amines is 1. The van der Waals surface area contributed by atoms with Gasteiger partial charge in [-0.05, 0) is 47.1 Å². The van der Waals surface area contributed by atoms with Crippen LogP contribution in [0.1, 0.15) is 27.0 Å². The zero-order valence-corrected chi connectivity index (χ0v) is 15.9. The molecule has 0 aliphatic heterocycles. The number of anilines is 1. The average molecular weight is 386 g/mol. The summed E-state index contributed by atoms with van der Waals surface area (Å²) in [7, 11) is 0. The molecule has 0 saturated heterocycles. The monoisotopic (exact) mass is 386 g/mol. The summed E-state index contributed by atoms with van der Waals surface area (Å²) < 4.78 is 0. The molecule has 0 radical (unpaired) electrons. The Balaban J connectivity index is 1.43. The minimum Gasteiger partial charge on any atom is -0.321 e. The van der Waals surface area contributed by atoms with E-state index in [0.717, 1.165) is 34.6 Å². The van der Waals surface area contributed by atoms with Gasteiger partial charge in [0.05, 0.1) is 0 Å². The number of nitrogens with zero attached hydrogens (tertiary/aromatic N) is 2. The fraction of sp³-hybridized carbons (Fsp3) is 0.136. The molecule has 1 heterocycles. The van der Waals surface area contributed by atoms with Crippen LogP contribution in [0.3, 0.4) is 0 Å². The predicted octanol–water partition coefficient (Wildman–Crippen LogP) is 4.60. The molecule has 1 amide bonds. The van der Waals surface area contributed by atoms with Crippen LogP contribution in [0.5, 0.6) is 0 Å². The van der Waals surface area contributed by atoms with Crippen LogP contribution >= 0.6 is 11.8 Å². The summed E-state index contributed by atoms with van der Waals surface area (Å²) in [5.74, 6) is 0.551. The number of carbonyl (C=O) groups is 1. The number of thioether (sulfide) groups is 1. The molecule has 5 nitrogen and oxygen atoms in total. The molecule has 1 aromatic heterocycles. The van der Waals surface area contributed by atoms with E-state index in [-0.39, 0.29) is 5.91 Å². The highest BCUT2D eigenvalue weighted by Crippen LogP contribution is 2.35. The molecule has 4 aromatic rings. The third kappa shape index (κ3) is 3.05. The molecule has 5 rings (SSSR count). The van der Waals surface area contributed by atoms with E-state index in [4.69, 9.17) is 0 Å². The van der Waals surface area contributed by atoms with Gasteiger partial charge in [-0.2, -0.15) is 5.10 Å². The molecular weight excluding hydrogens is 368 g/mol. The fourth-order valence-corrected chi connectivity index (χ4v) is 4.61. The van der Waals surface area contributed by atoms with Crippen LogP contribution in [0.2, 0.25) is 0 Å². The first-order valence-electron chi connectivity index (χ1n) is 9.20. The van der Waals surface area contributed by atoms with Crippen molar-refractivity contribution in [1.29, 1.82) is 0 Å². The van der Waals surface area contributed by atoms with Crippen LogP contribution in [-0.4, -0.2) is 21.1 Å². The number of hydrogen-bond donors (Lipinski definition) is 2. The highest BCUT2D eigenvalue weighted by Gasteiger charge is 2.18. The number of aryl methyl sites for hydroxylation is 2. The molecule has 0 fully saturated rings.